The largest absolute Gasteiger partial charge is 0.393 e. The number of Topliss-reactive ketones (excluding diaryl/α,β-unsaturated/α-hetero) is 1. The van der Waals surface area contributed by atoms with Gasteiger partial charge in [0.2, 0.25) is 5.91 Å². The van der Waals surface area contributed by atoms with E-state index in [1.807, 2.05) is 74.5 Å². The smallest absolute Gasteiger partial charge is 0.243 e. The zero-order chi connectivity index (χ0) is 50.8. The minimum atomic E-state index is -1.31. The molecule has 0 radical (unpaired) electrons. The fraction of sp³-hybridized carbons (Fsp3) is 0.484. The average molecular weight is 976 g/mol. The van der Waals surface area contributed by atoms with Crippen molar-refractivity contribution in [3.63, 3.8) is 0 Å². The summed E-state index contributed by atoms with van der Waals surface area (Å²) in [5, 5.41) is 55.0. The number of rotatable bonds is 5. The predicted molar refractivity (Wildman–Crippen MR) is 284 cm³/mol. The number of β-amino-alcohol motifs (C(OH)–C–C–N with tert-alkyl or cyclic N) is 1. The molecule has 3 heterocycles. The molecule has 0 aromatic heterocycles. The first-order valence-electron chi connectivity index (χ1n) is 26.5. The molecule has 0 saturated heterocycles. The molecule has 382 valence electrons. The molecule has 3 aromatic rings. The Morgan fingerprint density at radius 1 is 0.889 bits per heavy atom. The van der Waals surface area contributed by atoms with Crippen LogP contribution in [0.25, 0.3) is 0 Å². The maximum Gasteiger partial charge on any atom is 0.243 e. The summed E-state index contributed by atoms with van der Waals surface area (Å²) in [6.07, 6.45) is 14.8. The first-order valence-corrected chi connectivity index (χ1v) is 26.5. The van der Waals surface area contributed by atoms with Gasteiger partial charge >= 0.3 is 0 Å². The highest BCUT2D eigenvalue weighted by atomic mass is 16.5. The topological polar surface area (TPSA) is 174 Å². The van der Waals surface area contributed by atoms with Crippen LogP contribution in [0.15, 0.2) is 132 Å². The third-order valence-corrected chi connectivity index (χ3v) is 16.7. The van der Waals surface area contributed by atoms with Gasteiger partial charge in [-0.15, -0.1) is 0 Å². The number of carbonyl (C=O) groups excluding carboxylic acids is 2. The second-order valence-corrected chi connectivity index (χ2v) is 21.4. The minimum Gasteiger partial charge on any atom is -0.393 e. The molecule has 1 amide bonds. The van der Waals surface area contributed by atoms with Crippen LogP contribution in [0, 0.1) is 29.1 Å². The Labute approximate surface area is 427 Å². The maximum atomic E-state index is 14.9. The lowest BCUT2D eigenvalue weighted by Crippen LogP contribution is -2.59. The number of aliphatic hydroxyl groups excluding tert-OH is 3. The van der Waals surface area contributed by atoms with Gasteiger partial charge in [-0.3, -0.25) is 14.9 Å². The molecule has 2 aliphatic carbocycles. The SMILES string of the molecule is C=C1C=CC=C(C2CCC3(C4CCC(O)Cc5cccc(c5)CCC(O)CNC5C(=O)NC(N)c6cccc(c65)CC(=O)C(C)=C4CCC3(C)O)C2O)COCC#CCC(CCCc2ccccc2)=CCC1. The van der Waals surface area contributed by atoms with Crippen LogP contribution in [0.4, 0.5) is 0 Å². The number of fused-ring (bicyclic) bond motifs is 4. The number of allylic oxidation sites excluding steroid dienone is 8. The van der Waals surface area contributed by atoms with Crippen molar-refractivity contribution in [2.24, 2.45) is 23.0 Å². The number of aryl methyl sites for hydroxylation is 2. The number of ketones is 1. The van der Waals surface area contributed by atoms with Crippen LogP contribution in [-0.2, 0) is 40.0 Å². The number of benzene rings is 3. The molecule has 2 saturated carbocycles. The second-order valence-electron chi connectivity index (χ2n) is 21.4. The van der Waals surface area contributed by atoms with Crippen molar-refractivity contribution >= 4 is 11.7 Å². The summed E-state index contributed by atoms with van der Waals surface area (Å²) >= 11 is 0. The Bertz CT molecular complexity index is 2620. The van der Waals surface area contributed by atoms with E-state index in [0.29, 0.717) is 86.5 Å². The van der Waals surface area contributed by atoms with Crippen molar-refractivity contribution in [3.05, 3.63) is 165 Å². The molecule has 9 unspecified atom stereocenters. The first kappa shape index (κ1) is 53.1. The lowest BCUT2D eigenvalue weighted by atomic mass is 9.52. The number of aliphatic hydroxyl groups is 4. The quantitative estimate of drug-likeness (QED) is 0.0976. The van der Waals surface area contributed by atoms with Gasteiger partial charge in [0.15, 0.2) is 5.78 Å². The molecule has 10 heteroatoms. The van der Waals surface area contributed by atoms with Crippen LogP contribution in [-0.4, -0.2) is 75.8 Å². The Hall–Kier alpha value is -5.22. The van der Waals surface area contributed by atoms with Crippen LogP contribution >= 0.6 is 0 Å². The summed E-state index contributed by atoms with van der Waals surface area (Å²) in [5.74, 6) is 5.39. The number of amides is 1. The highest BCUT2D eigenvalue weighted by Crippen LogP contribution is 2.63. The molecule has 72 heavy (non-hydrogen) atoms. The van der Waals surface area contributed by atoms with E-state index < -0.39 is 47.5 Å². The fourth-order valence-electron chi connectivity index (χ4n) is 12.6. The van der Waals surface area contributed by atoms with Crippen LogP contribution in [0.5, 0.6) is 0 Å². The molecule has 5 aliphatic rings. The molecule has 3 aromatic carbocycles. The molecule has 8 N–H and O–H groups in total. The number of hydrogen-bond acceptors (Lipinski definition) is 9. The van der Waals surface area contributed by atoms with Gasteiger partial charge in [0.1, 0.15) is 18.8 Å². The molecule has 3 aliphatic heterocycles. The van der Waals surface area contributed by atoms with E-state index in [0.717, 1.165) is 60.0 Å². The highest BCUT2D eigenvalue weighted by Gasteiger charge is 2.64. The molecule has 10 nitrogen and oxygen atoms in total. The van der Waals surface area contributed by atoms with Gasteiger partial charge in [0, 0.05) is 30.7 Å². The summed E-state index contributed by atoms with van der Waals surface area (Å²) < 4.78 is 6.29. The van der Waals surface area contributed by atoms with E-state index >= 15 is 0 Å². The minimum absolute atomic E-state index is 0.00811. The van der Waals surface area contributed by atoms with Gasteiger partial charge in [-0.25, -0.2) is 0 Å². The summed E-state index contributed by atoms with van der Waals surface area (Å²) in [7, 11) is 0. The van der Waals surface area contributed by atoms with Crippen molar-refractivity contribution in [1.82, 2.24) is 10.6 Å². The zero-order valence-electron chi connectivity index (χ0n) is 42.5. The van der Waals surface area contributed by atoms with Gasteiger partial charge in [0.25, 0.3) is 0 Å². The fourth-order valence-corrected chi connectivity index (χ4v) is 12.6. The average Bonchev–Trinajstić information content (AvgIpc) is 3.70. The molecule has 1 spiro atoms. The van der Waals surface area contributed by atoms with Crippen molar-refractivity contribution in [1.29, 1.82) is 0 Å². The maximum absolute atomic E-state index is 14.9. The number of ether oxygens (including phenoxy) is 1. The van der Waals surface area contributed by atoms with Crippen LogP contribution in [0.1, 0.15) is 136 Å². The Kier molecular flexibility index (Phi) is 17.8. The molecule has 8 rings (SSSR count). The number of nitrogens with two attached hydrogens (primary N) is 1. The Balaban J connectivity index is 1.09. The predicted octanol–water partition coefficient (Wildman–Crippen LogP) is 8.63. The molecular formula is C62H77N3O7. The van der Waals surface area contributed by atoms with E-state index in [-0.39, 0.29) is 43.8 Å². The van der Waals surface area contributed by atoms with Crippen LogP contribution in [0.2, 0.25) is 0 Å². The van der Waals surface area contributed by atoms with Gasteiger partial charge in [-0.1, -0.05) is 132 Å². The number of nitrogens with one attached hydrogen (secondary N) is 2. The summed E-state index contributed by atoms with van der Waals surface area (Å²) in [6, 6.07) is 23.4. The van der Waals surface area contributed by atoms with Crippen molar-refractivity contribution in [2.45, 2.75) is 153 Å². The van der Waals surface area contributed by atoms with E-state index in [4.69, 9.17) is 10.5 Å². The lowest BCUT2D eigenvalue weighted by Gasteiger charge is -2.56. The summed E-state index contributed by atoms with van der Waals surface area (Å²) in [4.78, 5) is 28.5. The summed E-state index contributed by atoms with van der Waals surface area (Å²) in [6.45, 7) is 8.74. The Morgan fingerprint density at radius 3 is 2.53 bits per heavy atom. The zero-order valence-corrected chi connectivity index (χ0v) is 42.5. The van der Waals surface area contributed by atoms with Gasteiger partial charge in [-0.05, 0) is 154 Å². The molecule has 9 atom stereocenters. The van der Waals surface area contributed by atoms with E-state index in [2.05, 4.69) is 65.5 Å². The monoisotopic (exact) mass is 976 g/mol. The van der Waals surface area contributed by atoms with Gasteiger partial charge in [-0.2, -0.15) is 0 Å². The molecular weight excluding hydrogens is 899 g/mol. The lowest BCUT2D eigenvalue weighted by molar-refractivity contribution is -0.168. The van der Waals surface area contributed by atoms with E-state index in [9.17, 15) is 30.0 Å². The molecule has 2 bridgehead atoms. The molecule has 2 fully saturated rings. The summed E-state index contributed by atoms with van der Waals surface area (Å²) in [5.41, 5.74) is 14.3. The standard InChI is InChI=1S/C62H77N3O7/c1-41-14-9-19-44(21-11-20-43-16-5-4-6-17-43)18-7-8-35-72-40-48(25-10-15-41)52-32-34-62(58(52)69)54-30-29-49(66)37-46-23-12-22-45(36-46)27-28-50(67)39-64-57-56-47(24-13-26-53(56)59(63)65-60(57)70)38-55(68)42(2)51(54)31-33-61(62,3)71/h4-6,10,12-13,15-17,19,22-26,36,49-50,52,54,57-59,64,66-67,69,71H,1,9,11,14,18,20-21,27-35,37-40,63H2,2-3H3,(H,65,70). The van der Waals surface area contributed by atoms with E-state index in [1.165, 1.54) is 11.1 Å². The third kappa shape index (κ3) is 12.4. The van der Waals surface area contributed by atoms with E-state index in [1.54, 1.807) is 0 Å². The normalized spacial score (nSPS) is 30.4. The Morgan fingerprint density at radius 2 is 1.69 bits per heavy atom. The van der Waals surface area contributed by atoms with Crippen LogP contribution < -0.4 is 16.4 Å². The van der Waals surface area contributed by atoms with Crippen molar-refractivity contribution < 1.29 is 34.8 Å². The second kappa shape index (κ2) is 24.2. The number of hydrogen-bond donors (Lipinski definition) is 7. The van der Waals surface area contributed by atoms with Gasteiger partial charge in [0.05, 0.1) is 30.5 Å². The highest BCUT2D eigenvalue weighted by molar-refractivity contribution is 5.98. The van der Waals surface area contributed by atoms with Crippen molar-refractivity contribution in [2.75, 3.05) is 19.8 Å². The van der Waals surface area contributed by atoms with Crippen LogP contribution in [0.3, 0.4) is 0 Å². The third-order valence-electron chi connectivity index (χ3n) is 16.7. The first-order chi connectivity index (χ1) is 34.7. The van der Waals surface area contributed by atoms with Gasteiger partial charge < -0.3 is 36.2 Å². The number of carbonyl (C=O) groups is 2. The van der Waals surface area contributed by atoms with Crippen molar-refractivity contribution in [3.8, 4) is 11.8 Å².